The molecule has 146 valence electrons. The number of carbonyl (C=O) groups excluding carboxylic acids is 1. The number of aromatic nitrogens is 1. The number of rotatable bonds is 10. The van der Waals surface area contributed by atoms with Crippen LogP contribution in [-0.4, -0.2) is 33.4 Å². The molecule has 0 radical (unpaired) electrons. The van der Waals surface area contributed by atoms with Gasteiger partial charge in [-0.2, -0.15) is 0 Å². The van der Waals surface area contributed by atoms with Crippen LogP contribution in [0.1, 0.15) is 36.3 Å². The summed E-state index contributed by atoms with van der Waals surface area (Å²) in [6.07, 6.45) is 2.49. The molecular weight excluding hydrogens is 372 g/mol. The first-order chi connectivity index (χ1) is 13.6. The zero-order valence-electron chi connectivity index (χ0n) is 15.7. The van der Waals surface area contributed by atoms with Gasteiger partial charge in [0.25, 0.3) is 0 Å². The smallest absolute Gasteiger partial charge is 0.303 e. The maximum absolute atomic E-state index is 12.7. The Kier molecular flexibility index (Phi) is 7.14. The third kappa shape index (κ3) is 5.89. The molecule has 2 aromatic carbocycles. The second-order valence-corrected chi connectivity index (χ2v) is 7.84. The average Bonchev–Trinajstić information content (AvgIpc) is 3.10. The molecule has 3 rings (SSSR count). The van der Waals surface area contributed by atoms with E-state index in [1.54, 1.807) is 16.2 Å². The molecule has 1 heterocycles. The first kappa shape index (κ1) is 20.0. The van der Waals surface area contributed by atoms with E-state index in [-0.39, 0.29) is 12.3 Å². The fourth-order valence-electron chi connectivity index (χ4n) is 3.09. The molecule has 0 bridgehead atoms. The summed E-state index contributed by atoms with van der Waals surface area (Å²) in [5, 5.41) is 9.92. The van der Waals surface area contributed by atoms with Crippen molar-refractivity contribution in [3.63, 3.8) is 0 Å². The highest BCUT2D eigenvalue weighted by Crippen LogP contribution is 2.23. The molecular formula is C22H24N2O3S. The Labute approximate surface area is 168 Å². The summed E-state index contributed by atoms with van der Waals surface area (Å²) in [4.78, 5) is 29.9. The third-order valence-electron chi connectivity index (χ3n) is 4.51. The molecule has 0 aliphatic carbocycles. The quantitative estimate of drug-likeness (QED) is 0.547. The third-order valence-corrected chi connectivity index (χ3v) is 5.60. The molecule has 28 heavy (non-hydrogen) atoms. The Bertz CT molecular complexity index is 891. The molecule has 1 N–H and O–H groups in total. The van der Waals surface area contributed by atoms with Gasteiger partial charge in [0.1, 0.15) is 0 Å². The van der Waals surface area contributed by atoms with Crippen molar-refractivity contribution in [3.05, 3.63) is 65.2 Å². The molecule has 0 saturated heterocycles. The number of aryl methyl sites for hydroxylation is 1. The number of hydrogen-bond acceptors (Lipinski definition) is 4. The van der Waals surface area contributed by atoms with Crippen LogP contribution in [0.25, 0.3) is 10.2 Å². The van der Waals surface area contributed by atoms with Crippen molar-refractivity contribution in [3.8, 4) is 0 Å². The summed E-state index contributed by atoms with van der Waals surface area (Å²) in [6.45, 7) is 0.974. The first-order valence-electron chi connectivity index (χ1n) is 9.50. The van der Waals surface area contributed by atoms with Crippen LogP contribution < -0.4 is 0 Å². The van der Waals surface area contributed by atoms with Gasteiger partial charge in [-0.15, -0.1) is 11.3 Å². The SMILES string of the molecule is O=C(O)CCCN(Cc1ccccc1)C(=O)CCCc1nc2ccccc2s1. The van der Waals surface area contributed by atoms with Crippen molar-refractivity contribution in [1.29, 1.82) is 0 Å². The molecule has 0 spiro atoms. The Morgan fingerprint density at radius 3 is 2.46 bits per heavy atom. The maximum atomic E-state index is 12.7. The van der Waals surface area contributed by atoms with E-state index in [4.69, 9.17) is 5.11 Å². The van der Waals surface area contributed by atoms with Crippen LogP contribution in [0, 0.1) is 0 Å². The predicted molar refractivity (Wildman–Crippen MR) is 111 cm³/mol. The van der Waals surface area contributed by atoms with Gasteiger partial charge in [0.2, 0.25) is 5.91 Å². The Hall–Kier alpha value is -2.73. The summed E-state index contributed by atoms with van der Waals surface area (Å²) < 4.78 is 1.17. The van der Waals surface area contributed by atoms with Gasteiger partial charge in [0.15, 0.2) is 0 Å². The first-order valence-corrected chi connectivity index (χ1v) is 10.3. The number of benzene rings is 2. The fourth-order valence-corrected chi connectivity index (χ4v) is 4.10. The van der Waals surface area contributed by atoms with Crippen molar-refractivity contribution in [2.75, 3.05) is 6.54 Å². The van der Waals surface area contributed by atoms with Crippen LogP contribution in [0.2, 0.25) is 0 Å². The summed E-state index contributed by atoms with van der Waals surface area (Å²) in [5.41, 5.74) is 2.06. The zero-order chi connectivity index (χ0) is 19.8. The van der Waals surface area contributed by atoms with Crippen LogP contribution in [0.4, 0.5) is 0 Å². The maximum Gasteiger partial charge on any atom is 0.303 e. The number of carbonyl (C=O) groups is 2. The average molecular weight is 397 g/mol. The highest BCUT2D eigenvalue weighted by molar-refractivity contribution is 7.18. The van der Waals surface area contributed by atoms with E-state index < -0.39 is 5.97 Å². The van der Waals surface area contributed by atoms with Crippen molar-refractivity contribution >= 4 is 33.4 Å². The van der Waals surface area contributed by atoms with Gasteiger partial charge in [-0.3, -0.25) is 9.59 Å². The van der Waals surface area contributed by atoms with Gasteiger partial charge in [-0.05, 0) is 37.0 Å². The molecule has 5 nitrogen and oxygen atoms in total. The Balaban J connectivity index is 1.55. The number of thiazole rings is 1. The zero-order valence-corrected chi connectivity index (χ0v) is 16.5. The van der Waals surface area contributed by atoms with Crippen molar-refractivity contribution in [2.45, 2.75) is 38.6 Å². The lowest BCUT2D eigenvalue weighted by Crippen LogP contribution is -2.31. The largest absolute Gasteiger partial charge is 0.481 e. The second kappa shape index (κ2) is 9.99. The van der Waals surface area contributed by atoms with Gasteiger partial charge in [0, 0.05) is 25.9 Å². The number of para-hydroxylation sites is 1. The van der Waals surface area contributed by atoms with Gasteiger partial charge in [-0.25, -0.2) is 4.98 Å². The van der Waals surface area contributed by atoms with Crippen LogP contribution >= 0.6 is 11.3 Å². The molecule has 0 unspecified atom stereocenters. The van der Waals surface area contributed by atoms with Crippen LogP contribution in [0.15, 0.2) is 54.6 Å². The van der Waals surface area contributed by atoms with E-state index in [0.29, 0.717) is 25.9 Å². The van der Waals surface area contributed by atoms with Crippen LogP contribution in [0.5, 0.6) is 0 Å². The van der Waals surface area contributed by atoms with Crippen molar-refractivity contribution in [1.82, 2.24) is 9.88 Å². The van der Waals surface area contributed by atoms with E-state index in [1.165, 1.54) is 4.70 Å². The fraction of sp³-hybridized carbons (Fsp3) is 0.318. The van der Waals surface area contributed by atoms with E-state index in [2.05, 4.69) is 11.1 Å². The number of aliphatic carboxylic acids is 1. The lowest BCUT2D eigenvalue weighted by Gasteiger charge is -2.22. The molecule has 0 aliphatic heterocycles. The monoisotopic (exact) mass is 396 g/mol. The lowest BCUT2D eigenvalue weighted by molar-refractivity contribution is -0.138. The van der Waals surface area contributed by atoms with Crippen molar-refractivity contribution in [2.24, 2.45) is 0 Å². The molecule has 0 fully saturated rings. The van der Waals surface area contributed by atoms with E-state index in [1.807, 2.05) is 48.5 Å². The van der Waals surface area contributed by atoms with E-state index in [9.17, 15) is 9.59 Å². The number of amides is 1. The molecule has 1 aromatic heterocycles. The summed E-state index contributed by atoms with van der Waals surface area (Å²) >= 11 is 1.68. The molecule has 0 saturated carbocycles. The minimum absolute atomic E-state index is 0.0651. The van der Waals surface area contributed by atoms with Gasteiger partial charge >= 0.3 is 5.97 Å². The molecule has 6 heteroatoms. The summed E-state index contributed by atoms with van der Waals surface area (Å²) in [5.74, 6) is -0.765. The van der Waals surface area contributed by atoms with Crippen molar-refractivity contribution < 1.29 is 14.7 Å². The molecule has 1 amide bonds. The molecule has 0 aliphatic rings. The minimum atomic E-state index is -0.831. The summed E-state index contributed by atoms with van der Waals surface area (Å²) in [6, 6.07) is 17.9. The minimum Gasteiger partial charge on any atom is -0.481 e. The van der Waals surface area contributed by atoms with Crippen LogP contribution in [0.3, 0.4) is 0 Å². The van der Waals surface area contributed by atoms with Gasteiger partial charge in [-0.1, -0.05) is 42.5 Å². The number of nitrogens with zero attached hydrogens (tertiary/aromatic N) is 2. The lowest BCUT2D eigenvalue weighted by atomic mass is 10.1. The van der Waals surface area contributed by atoms with Gasteiger partial charge in [0.05, 0.1) is 15.2 Å². The highest BCUT2D eigenvalue weighted by atomic mass is 32.1. The molecule has 3 aromatic rings. The highest BCUT2D eigenvalue weighted by Gasteiger charge is 2.15. The van der Waals surface area contributed by atoms with Crippen LogP contribution in [-0.2, 0) is 22.6 Å². The molecule has 0 atom stereocenters. The number of hydrogen-bond donors (Lipinski definition) is 1. The normalized spacial score (nSPS) is 10.9. The Morgan fingerprint density at radius 1 is 0.964 bits per heavy atom. The second-order valence-electron chi connectivity index (χ2n) is 6.73. The standard InChI is InChI=1S/C22H24N2O3S/c25-21(13-6-12-20-23-18-10-4-5-11-19(18)28-20)24(15-7-14-22(26)27)16-17-8-2-1-3-9-17/h1-5,8-11H,6-7,12-16H2,(H,26,27). The summed E-state index contributed by atoms with van der Waals surface area (Å²) in [7, 11) is 0. The van der Waals surface area contributed by atoms with E-state index in [0.717, 1.165) is 28.9 Å². The number of carboxylic acid groups (broad SMARTS) is 1. The number of fused-ring (bicyclic) bond motifs is 1. The number of carboxylic acids is 1. The topological polar surface area (TPSA) is 70.5 Å². The van der Waals surface area contributed by atoms with Gasteiger partial charge < -0.3 is 10.0 Å². The van der Waals surface area contributed by atoms with E-state index >= 15 is 0 Å². The predicted octanol–water partition coefficient (Wildman–Crippen LogP) is 4.51. The Morgan fingerprint density at radius 2 is 1.71 bits per heavy atom.